The highest BCUT2D eigenvalue weighted by molar-refractivity contribution is 6.01. The maximum atomic E-state index is 12.4. The normalized spacial score (nSPS) is 14.9. The van der Waals surface area contributed by atoms with Crippen molar-refractivity contribution >= 4 is 22.7 Å². The highest BCUT2D eigenvalue weighted by Gasteiger charge is 2.30. The summed E-state index contributed by atoms with van der Waals surface area (Å²) in [5.41, 5.74) is 2.03. The fourth-order valence-corrected chi connectivity index (χ4v) is 3.26. The third-order valence-electron chi connectivity index (χ3n) is 4.61. The number of esters is 2. The fourth-order valence-electron chi connectivity index (χ4n) is 3.26. The van der Waals surface area contributed by atoms with Gasteiger partial charge >= 0.3 is 11.9 Å². The van der Waals surface area contributed by atoms with Crippen LogP contribution in [0, 0.1) is 0 Å². The summed E-state index contributed by atoms with van der Waals surface area (Å²) in [4.78, 5) is 24.7. The van der Waals surface area contributed by atoms with Gasteiger partial charge in [0.2, 0.25) is 0 Å². The van der Waals surface area contributed by atoms with Crippen molar-refractivity contribution in [2.75, 3.05) is 6.61 Å². The number of hydrogen-bond acceptors (Lipinski definition) is 5. The smallest absolute Gasteiger partial charge is 0.338 e. The van der Waals surface area contributed by atoms with Crippen LogP contribution in [0.15, 0.2) is 60.7 Å². The van der Waals surface area contributed by atoms with E-state index in [-0.39, 0.29) is 0 Å². The second-order valence-electron chi connectivity index (χ2n) is 6.94. The molecule has 1 aliphatic rings. The van der Waals surface area contributed by atoms with Crippen LogP contribution in [0.1, 0.15) is 38.0 Å². The first-order valence-corrected chi connectivity index (χ1v) is 9.46. The van der Waals surface area contributed by atoms with Crippen LogP contribution in [0.3, 0.4) is 0 Å². The van der Waals surface area contributed by atoms with Crippen LogP contribution in [0.4, 0.5) is 0 Å². The van der Waals surface area contributed by atoms with Crippen LogP contribution < -0.4 is 9.47 Å². The van der Waals surface area contributed by atoms with E-state index in [0.717, 1.165) is 5.56 Å². The molecule has 5 nitrogen and oxygen atoms in total. The van der Waals surface area contributed by atoms with Gasteiger partial charge in [-0.05, 0) is 27.2 Å². The van der Waals surface area contributed by atoms with E-state index in [4.69, 9.17) is 14.2 Å². The molecule has 0 aromatic heterocycles. The number of fused-ring (bicyclic) bond motifs is 2. The fraction of sp³-hybridized carbons (Fsp3) is 0.250. The second-order valence-corrected chi connectivity index (χ2v) is 6.94. The Morgan fingerprint density at radius 2 is 1.55 bits per heavy atom. The van der Waals surface area contributed by atoms with Crippen LogP contribution >= 0.6 is 0 Å². The van der Waals surface area contributed by atoms with Crippen LogP contribution in [0.25, 0.3) is 10.8 Å². The van der Waals surface area contributed by atoms with Crippen molar-refractivity contribution < 1.29 is 23.8 Å². The lowest BCUT2D eigenvalue weighted by atomic mass is 9.89. The van der Waals surface area contributed by atoms with E-state index in [9.17, 15) is 9.59 Å². The molecule has 0 saturated heterocycles. The van der Waals surface area contributed by atoms with Crippen molar-refractivity contribution in [1.82, 2.24) is 0 Å². The average molecular weight is 392 g/mol. The number of rotatable bonds is 6. The van der Waals surface area contributed by atoms with Crippen molar-refractivity contribution in [2.45, 2.75) is 33.3 Å². The number of hydrogen-bond donors (Lipinski definition) is 0. The molecule has 0 amide bonds. The van der Waals surface area contributed by atoms with Gasteiger partial charge in [0.1, 0.15) is 17.6 Å². The summed E-state index contributed by atoms with van der Waals surface area (Å²) in [6.45, 7) is 12.9. The molecule has 0 fully saturated rings. The predicted molar refractivity (Wildman–Crippen MR) is 112 cm³/mol. The Hall–Kier alpha value is -3.18. The summed E-state index contributed by atoms with van der Waals surface area (Å²) in [6.07, 6.45) is 3.96. The lowest BCUT2D eigenvalue weighted by molar-refractivity contribution is -0.131. The van der Waals surface area contributed by atoms with Crippen LogP contribution in [-0.4, -0.2) is 18.5 Å². The summed E-state index contributed by atoms with van der Waals surface area (Å²) in [5.74, 6) is -0.185. The van der Waals surface area contributed by atoms with Crippen LogP contribution in [0.2, 0.25) is 0 Å². The maximum Gasteiger partial charge on any atom is 0.338 e. The summed E-state index contributed by atoms with van der Waals surface area (Å²) in [7, 11) is 0. The summed E-state index contributed by atoms with van der Waals surface area (Å²) in [6, 6.07) is 7.35. The van der Waals surface area contributed by atoms with Gasteiger partial charge in [0, 0.05) is 39.7 Å². The summed E-state index contributed by atoms with van der Waals surface area (Å²) in [5, 5.41) is 1.33. The largest absolute Gasteiger partial charge is 0.422 e. The molecule has 0 aliphatic heterocycles. The van der Waals surface area contributed by atoms with Gasteiger partial charge in [-0.25, -0.2) is 9.59 Å². The Balaban J connectivity index is 2.33. The average Bonchev–Trinajstić information content (AvgIpc) is 2.70. The zero-order chi connectivity index (χ0) is 21.1. The molecule has 29 heavy (non-hydrogen) atoms. The zero-order valence-corrected chi connectivity index (χ0v) is 16.9. The van der Waals surface area contributed by atoms with Gasteiger partial charge in [0.25, 0.3) is 0 Å². The van der Waals surface area contributed by atoms with Crippen LogP contribution in [-0.2, 0) is 20.7 Å². The van der Waals surface area contributed by atoms with Crippen molar-refractivity contribution in [3.05, 3.63) is 71.8 Å². The Bertz CT molecular complexity index is 1040. The number of allylic oxidation sites excluding steroid dienone is 1. The molecular formula is C24H24O5. The van der Waals surface area contributed by atoms with Crippen LogP contribution in [0.5, 0.6) is 11.5 Å². The Kier molecular flexibility index (Phi) is 5.99. The summed E-state index contributed by atoms with van der Waals surface area (Å²) >= 11 is 0. The minimum absolute atomic E-state index is 0.292. The molecule has 0 heterocycles. The standard InChI is InChI=1S/C24H24O5/c1-6-27-19-13-9-12-18-20(19)22(29-24(26)15(4)5)17-11-8-7-10-16(17)21(18)28-23(25)14(2)3/h7-11,13,19H,2,4,6,12H2,1,3,5H3. The first-order chi connectivity index (χ1) is 13.8. The molecule has 150 valence electrons. The first-order valence-electron chi connectivity index (χ1n) is 9.46. The van der Waals surface area contributed by atoms with Gasteiger partial charge in [0.05, 0.1) is 0 Å². The number of carbonyl (C=O) groups excluding carboxylic acids is 2. The van der Waals surface area contributed by atoms with Crippen molar-refractivity contribution in [1.29, 1.82) is 0 Å². The quantitative estimate of drug-likeness (QED) is 0.300. The molecule has 2 aromatic carbocycles. The molecule has 0 bridgehead atoms. The second kappa shape index (κ2) is 8.45. The van der Waals surface area contributed by atoms with Crippen molar-refractivity contribution in [3.63, 3.8) is 0 Å². The highest BCUT2D eigenvalue weighted by Crippen LogP contribution is 2.47. The van der Waals surface area contributed by atoms with Gasteiger partial charge in [-0.3, -0.25) is 0 Å². The van der Waals surface area contributed by atoms with E-state index in [1.165, 1.54) is 0 Å². The van der Waals surface area contributed by atoms with E-state index in [1.54, 1.807) is 13.8 Å². The molecule has 2 aromatic rings. The Morgan fingerprint density at radius 1 is 1.00 bits per heavy atom. The van der Waals surface area contributed by atoms with E-state index in [1.807, 2.05) is 43.3 Å². The van der Waals surface area contributed by atoms with Crippen molar-refractivity contribution in [3.8, 4) is 11.5 Å². The zero-order valence-electron chi connectivity index (χ0n) is 16.9. The molecule has 0 N–H and O–H groups in total. The molecular weight excluding hydrogens is 368 g/mol. The minimum atomic E-state index is -0.520. The first kappa shape index (κ1) is 20.6. The van der Waals surface area contributed by atoms with E-state index in [2.05, 4.69) is 13.2 Å². The van der Waals surface area contributed by atoms with E-state index in [0.29, 0.717) is 52.0 Å². The molecule has 0 spiro atoms. The predicted octanol–water partition coefficient (Wildman–Crippen LogP) is 4.99. The molecule has 3 rings (SSSR count). The van der Waals surface area contributed by atoms with Gasteiger partial charge in [0.15, 0.2) is 0 Å². The topological polar surface area (TPSA) is 61.8 Å². The monoisotopic (exact) mass is 392 g/mol. The molecule has 5 heteroatoms. The highest BCUT2D eigenvalue weighted by atomic mass is 16.5. The Morgan fingerprint density at radius 3 is 2.10 bits per heavy atom. The van der Waals surface area contributed by atoms with E-state index < -0.39 is 18.0 Å². The molecule has 0 saturated carbocycles. The number of benzene rings is 2. The minimum Gasteiger partial charge on any atom is -0.422 e. The lowest BCUT2D eigenvalue weighted by Crippen LogP contribution is -2.18. The SMILES string of the molecule is C=C(C)C(=O)Oc1c2c(c(OC(=O)C(=C)C)c3ccccc13)C(OCC)C=CC2. The molecule has 1 atom stereocenters. The maximum absolute atomic E-state index is 12.4. The molecule has 0 radical (unpaired) electrons. The number of carbonyl (C=O) groups is 2. The molecule has 1 aliphatic carbocycles. The Labute approximate surface area is 170 Å². The van der Waals surface area contributed by atoms with Gasteiger partial charge in [-0.1, -0.05) is 49.6 Å². The van der Waals surface area contributed by atoms with Crippen molar-refractivity contribution in [2.24, 2.45) is 0 Å². The van der Waals surface area contributed by atoms with E-state index >= 15 is 0 Å². The number of ether oxygens (including phenoxy) is 3. The molecule has 1 unspecified atom stereocenters. The third-order valence-corrected chi connectivity index (χ3v) is 4.61. The van der Waals surface area contributed by atoms with Gasteiger partial charge in [-0.15, -0.1) is 0 Å². The van der Waals surface area contributed by atoms with Gasteiger partial charge in [-0.2, -0.15) is 0 Å². The summed E-state index contributed by atoms with van der Waals surface area (Å²) < 4.78 is 17.4. The lowest BCUT2D eigenvalue weighted by Gasteiger charge is -2.27. The van der Waals surface area contributed by atoms with Gasteiger partial charge < -0.3 is 14.2 Å². The third kappa shape index (κ3) is 4.00.